The minimum atomic E-state index is 0.253. The zero-order chi connectivity index (χ0) is 19.8. The second kappa shape index (κ2) is 7.69. The first-order valence-electron chi connectivity index (χ1n) is 10.2. The van der Waals surface area contributed by atoms with Crippen LogP contribution in [0.2, 0.25) is 0 Å². The van der Waals surface area contributed by atoms with Crippen LogP contribution in [0.1, 0.15) is 50.3 Å². The fourth-order valence-electron chi connectivity index (χ4n) is 4.57. The van der Waals surface area contributed by atoms with Crippen LogP contribution in [0.25, 0.3) is 5.57 Å². The maximum atomic E-state index is 12.8. The summed E-state index contributed by atoms with van der Waals surface area (Å²) in [4.78, 5) is 20.5. The van der Waals surface area contributed by atoms with E-state index in [0.29, 0.717) is 6.42 Å². The average Bonchev–Trinajstić information content (AvgIpc) is 3.18. The quantitative estimate of drug-likeness (QED) is 0.586. The Morgan fingerprint density at radius 1 is 1.07 bits per heavy atom. The molecule has 146 valence electrons. The monoisotopic (exact) mass is 400 g/mol. The summed E-state index contributed by atoms with van der Waals surface area (Å²) in [7, 11) is 0. The lowest BCUT2D eigenvalue weighted by Crippen LogP contribution is -2.31. The molecule has 0 N–H and O–H groups in total. The van der Waals surface area contributed by atoms with E-state index in [0.717, 1.165) is 42.9 Å². The Hall–Kier alpha value is -2.56. The molecule has 0 saturated carbocycles. The number of rotatable bonds is 2. The van der Waals surface area contributed by atoms with Crippen LogP contribution in [0.4, 0.5) is 0 Å². The Balaban J connectivity index is 1.48. The van der Waals surface area contributed by atoms with E-state index in [1.165, 1.54) is 33.4 Å². The average molecular weight is 401 g/mol. The molecule has 5 rings (SSSR count). The SMILES string of the molecule is Cc1cnccc1CN1CCC(=C2c3ccccc3CC(=O)c3sccc32)CC1. The van der Waals surface area contributed by atoms with E-state index in [1.807, 2.05) is 18.5 Å². The van der Waals surface area contributed by atoms with Crippen molar-refractivity contribution in [1.29, 1.82) is 0 Å². The molecule has 3 nitrogen and oxygen atoms in total. The topological polar surface area (TPSA) is 33.2 Å². The third-order valence-electron chi connectivity index (χ3n) is 6.17. The van der Waals surface area contributed by atoms with Gasteiger partial charge in [0.1, 0.15) is 0 Å². The van der Waals surface area contributed by atoms with E-state index >= 15 is 0 Å². The molecule has 29 heavy (non-hydrogen) atoms. The van der Waals surface area contributed by atoms with E-state index in [-0.39, 0.29) is 5.78 Å². The number of aryl methyl sites for hydroxylation is 1. The lowest BCUT2D eigenvalue weighted by molar-refractivity contribution is 0.0997. The van der Waals surface area contributed by atoms with E-state index in [1.54, 1.807) is 11.3 Å². The molecule has 1 fully saturated rings. The van der Waals surface area contributed by atoms with Crippen LogP contribution in [0.5, 0.6) is 0 Å². The number of benzene rings is 1. The number of hydrogen-bond acceptors (Lipinski definition) is 4. The van der Waals surface area contributed by atoms with Gasteiger partial charge in [-0.1, -0.05) is 29.8 Å². The molecule has 1 aromatic carbocycles. The van der Waals surface area contributed by atoms with Gasteiger partial charge in [-0.05, 0) is 65.1 Å². The van der Waals surface area contributed by atoms with Gasteiger partial charge in [0.15, 0.2) is 5.78 Å². The summed E-state index contributed by atoms with van der Waals surface area (Å²) in [6.45, 7) is 5.22. The van der Waals surface area contributed by atoms with Crippen LogP contribution in [0.3, 0.4) is 0 Å². The first-order valence-corrected chi connectivity index (χ1v) is 11.1. The fraction of sp³-hybridized carbons (Fsp3) is 0.280. The smallest absolute Gasteiger partial charge is 0.177 e. The van der Waals surface area contributed by atoms with Crippen molar-refractivity contribution in [2.24, 2.45) is 0 Å². The van der Waals surface area contributed by atoms with Crippen LogP contribution < -0.4 is 0 Å². The summed E-state index contributed by atoms with van der Waals surface area (Å²) in [5, 5.41) is 2.07. The molecule has 0 atom stereocenters. The van der Waals surface area contributed by atoms with E-state index in [9.17, 15) is 4.79 Å². The van der Waals surface area contributed by atoms with Gasteiger partial charge in [0.25, 0.3) is 0 Å². The molecular weight excluding hydrogens is 376 g/mol. The molecule has 2 aliphatic rings. The van der Waals surface area contributed by atoms with Crippen LogP contribution >= 0.6 is 11.3 Å². The number of thiophene rings is 1. The van der Waals surface area contributed by atoms with Crippen LogP contribution in [0, 0.1) is 6.92 Å². The van der Waals surface area contributed by atoms with Crippen molar-refractivity contribution in [3.63, 3.8) is 0 Å². The second-order valence-electron chi connectivity index (χ2n) is 7.98. The van der Waals surface area contributed by atoms with Crippen molar-refractivity contribution in [2.75, 3.05) is 13.1 Å². The summed E-state index contributed by atoms with van der Waals surface area (Å²) in [5.74, 6) is 0.253. The number of aromatic nitrogens is 1. The van der Waals surface area contributed by atoms with Crippen molar-refractivity contribution in [3.8, 4) is 0 Å². The minimum absolute atomic E-state index is 0.253. The summed E-state index contributed by atoms with van der Waals surface area (Å²) in [6, 6.07) is 12.7. The maximum Gasteiger partial charge on any atom is 0.177 e. The lowest BCUT2D eigenvalue weighted by Gasteiger charge is -2.30. The molecule has 4 heteroatoms. The number of carbonyl (C=O) groups is 1. The minimum Gasteiger partial charge on any atom is -0.298 e. The van der Waals surface area contributed by atoms with Gasteiger partial charge in [-0.15, -0.1) is 11.3 Å². The highest BCUT2D eigenvalue weighted by atomic mass is 32.1. The Morgan fingerprint density at radius 2 is 1.90 bits per heavy atom. The van der Waals surface area contributed by atoms with Crippen molar-refractivity contribution in [3.05, 3.63) is 92.4 Å². The summed E-state index contributed by atoms with van der Waals surface area (Å²) in [5.41, 5.74) is 9.01. The van der Waals surface area contributed by atoms with Crippen LogP contribution in [-0.2, 0) is 13.0 Å². The third-order valence-corrected chi connectivity index (χ3v) is 7.12. The van der Waals surface area contributed by atoms with Gasteiger partial charge in [0.05, 0.1) is 4.88 Å². The Labute approximate surface area is 175 Å². The second-order valence-corrected chi connectivity index (χ2v) is 8.89. The number of carbonyl (C=O) groups excluding carboxylic acids is 1. The zero-order valence-electron chi connectivity index (χ0n) is 16.6. The highest BCUT2D eigenvalue weighted by Gasteiger charge is 2.28. The molecule has 3 aromatic rings. The van der Waals surface area contributed by atoms with Crippen molar-refractivity contribution < 1.29 is 4.79 Å². The molecule has 0 spiro atoms. The molecule has 0 amide bonds. The lowest BCUT2D eigenvalue weighted by atomic mass is 9.87. The number of ketones is 1. The summed E-state index contributed by atoms with van der Waals surface area (Å²) >= 11 is 1.59. The van der Waals surface area contributed by atoms with Gasteiger partial charge in [-0.3, -0.25) is 14.7 Å². The Morgan fingerprint density at radius 3 is 2.72 bits per heavy atom. The first-order chi connectivity index (χ1) is 14.2. The molecule has 0 unspecified atom stereocenters. The van der Waals surface area contributed by atoms with Gasteiger partial charge in [-0.25, -0.2) is 0 Å². The number of fused-ring (bicyclic) bond motifs is 2. The number of pyridine rings is 1. The molecule has 0 bridgehead atoms. The zero-order valence-corrected chi connectivity index (χ0v) is 17.5. The predicted octanol–water partition coefficient (Wildman–Crippen LogP) is 5.29. The molecule has 3 heterocycles. The normalized spacial score (nSPS) is 17.1. The summed E-state index contributed by atoms with van der Waals surface area (Å²) < 4.78 is 0. The molecular formula is C25H24N2OS. The van der Waals surface area contributed by atoms with Gasteiger partial charge in [-0.2, -0.15) is 0 Å². The van der Waals surface area contributed by atoms with Crippen molar-refractivity contribution >= 4 is 22.7 Å². The van der Waals surface area contributed by atoms with Crippen molar-refractivity contribution in [2.45, 2.75) is 32.7 Å². The largest absolute Gasteiger partial charge is 0.298 e. The molecule has 2 aromatic heterocycles. The number of likely N-dealkylation sites (tertiary alicyclic amines) is 1. The standard InChI is InChI=1S/C25H24N2OS/c1-17-15-26-10-6-20(17)16-27-11-7-18(8-12-27)24-21-5-3-2-4-19(21)14-23(28)25-22(24)9-13-29-25/h2-6,9-10,13,15H,7-8,11-12,14,16H2,1H3. The van der Waals surface area contributed by atoms with Gasteiger partial charge in [0.2, 0.25) is 0 Å². The molecule has 1 saturated heterocycles. The number of Topliss-reactive ketones (excluding diaryl/α,β-unsaturated/α-hetero) is 1. The van der Waals surface area contributed by atoms with E-state index in [4.69, 9.17) is 0 Å². The predicted molar refractivity (Wildman–Crippen MR) is 118 cm³/mol. The number of nitrogens with zero attached hydrogens (tertiary/aromatic N) is 2. The molecule has 1 aliphatic carbocycles. The first kappa shape index (κ1) is 18.5. The van der Waals surface area contributed by atoms with Crippen molar-refractivity contribution in [1.82, 2.24) is 9.88 Å². The van der Waals surface area contributed by atoms with Gasteiger partial charge < -0.3 is 0 Å². The van der Waals surface area contributed by atoms with Crippen LogP contribution in [-0.4, -0.2) is 28.8 Å². The Bertz CT molecular complexity index is 1100. The van der Waals surface area contributed by atoms with Gasteiger partial charge in [0, 0.05) is 44.0 Å². The highest BCUT2D eigenvalue weighted by molar-refractivity contribution is 7.12. The Kier molecular flexibility index (Phi) is 4.90. The van der Waals surface area contributed by atoms with E-state index in [2.05, 4.69) is 52.5 Å². The summed E-state index contributed by atoms with van der Waals surface area (Å²) in [6.07, 6.45) is 6.45. The number of piperidine rings is 1. The van der Waals surface area contributed by atoms with Crippen LogP contribution in [0.15, 0.2) is 59.7 Å². The number of hydrogen-bond donors (Lipinski definition) is 0. The van der Waals surface area contributed by atoms with Gasteiger partial charge >= 0.3 is 0 Å². The van der Waals surface area contributed by atoms with E-state index < -0.39 is 0 Å². The fourth-order valence-corrected chi connectivity index (χ4v) is 5.41. The highest BCUT2D eigenvalue weighted by Crippen LogP contribution is 2.40. The third kappa shape index (κ3) is 3.47. The molecule has 1 aliphatic heterocycles. The molecule has 0 radical (unpaired) electrons. The maximum absolute atomic E-state index is 12.8.